The highest BCUT2D eigenvalue weighted by atomic mass is 19.1. The maximum atomic E-state index is 13.8. The number of hydrogen-bond donors (Lipinski definition) is 1. The van der Waals surface area contributed by atoms with Gasteiger partial charge < -0.3 is 10.1 Å². The van der Waals surface area contributed by atoms with Crippen molar-refractivity contribution in [2.24, 2.45) is 0 Å². The molecule has 1 aromatic carbocycles. The summed E-state index contributed by atoms with van der Waals surface area (Å²) in [5, 5.41) is 13.8. The van der Waals surface area contributed by atoms with Crippen LogP contribution in [0, 0.1) is 15.9 Å². The molecule has 0 amide bonds. The molecule has 0 aromatic heterocycles. The van der Waals surface area contributed by atoms with Crippen LogP contribution in [0.1, 0.15) is 18.9 Å². The van der Waals surface area contributed by atoms with Crippen LogP contribution in [0.2, 0.25) is 0 Å². The minimum absolute atomic E-state index is 0.000839. The number of methoxy groups -OCH3 is 1. The van der Waals surface area contributed by atoms with E-state index in [9.17, 15) is 14.5 Å². The monoisotopic (exact) mass is 270 g/mol. The average molecular weight is 270 g/mol. The second kappa shape index (κ2) is 7.81. The lowest BCUT2D eigenvalue weighted by Gasteiger charge is -2.17. The molecule has 0 fully saturated rings. The van der Waals surface area contributed by atoms with Crippen molar-refractivity contribution in [2.75, 3.05) is 20.3 Å². The fourth-order valence-corrected chi connectivity index (χ4v) is 1.82. The Morgan fingerprint density at radius 2 is 2.26 bits per heavy atom. The van der Waals surface area contributed by atoms with Crippen LogP contribution in [0.25, 0.3) is 0 Å². The van der Waals surface area contributed by atoms with Crippen LogP contribution in [0.5, 0.6) is 0 Å². The number of benzene rings is 1. The first-order valence-electron chi connectivity index (χ1n) is 6.23. The van der Waals surface area contributed by atoms with Crippen molar-refractivity contribution in [1.82, 2.24) is 5.32 Å². The second-order valence-corrected chi connectivity index (χ2v) is 4.34. The fourth-order valence-electron chi connectivity index (χ4n) is 1.82. The lowest BCUT2D eigenvalue weighted by molar-refractivity contribution is -0.385. The zero-order chi connectivity index (χ0) is 14.3. The number of nitro groups is 1. The third-order valence-electron chi connectivity index (χ3n) is 2.76. The van der Waals surface area contributed by atoms with Gasteiger partial charge >= 0.3 is 0 Å². The van der Waals surface area contributed by atoms with E-state index >= 15 is 0 Å². The zero-order valence-electron chi connectivity index (χ0n) is 11.2. The van der Waals surface area contributed by atoms with Crippen molar-refractivity contribution in [2.45, 2.75) is 25.8 Å². The van der Waals surface area contributed by atoms with Crippen molar-refractivity contribution in [3.63, 3.8) is 0 Å². The van der Waals surface area contributed by atoms with Crippen molar-refractivity contribution in [1.29, 1.82) is 0 Å². The fraction of sp³-hybridized carbons (Fsp3) is 0.538. The van der Waals surface area contributed by atoms with Gasteiger partial charge in [-0.2, -0.15) is 0 Å². The van der Waals surface area contributed by atoms with E-state index in [0.717, 1.165) is 19.0 Å². The molecule has 19 heavy (non-hydrogen) atoms. The molecular formula is C13H19FN2O3. The summed E-state index contributed by atoms with van der Waals surface area (Å²) in [6, 6.07) is 3.74. The first-order chi connectivity index (χ1) is 9.08. The van der Waals surface area contributed by atoms with E-state index in [1.165, 1.54) is 12.1 Å². The highest BCUT2D eigenvalue weighted by Crippen LogP contribution is 2.17. The summed E-state index contributed by atoms with van der Waals surface area (Å²) >= 11 is 0. The van der Waals surface area contributed by atoms with Gasteiger partial charge in [0.1, 0.15) is 5.82 Å². The Morgan fingerprint density at radius 3 is 2.79 bits per heavy atom. The van der Waals surface area contributed by atoms with Gasteiger partial charge in [0.15, 0.2) is 0 Å². The largest absolute Gasteiger partial charge is 0.383 e. The van der Waals surface area contributed by atoms with E-state index in [0.29, 0.717) is 18.6 Å². The SMILES string of the molecule is CCCNC(COC)Cc1ccc([N+](=O)[O-])cc1F. The Kier molecular flexibility index (Phi) is 6.38. The summed E-state index contributed by atoms with van der Waals surface area (Å²) in [5.41, 5.74) is 0.224. The van der Waals surface area contributed by atoms with Crippen LogP contribution < -0.4 is 5.32 Å². The molecule has 0 radical (unpaired) electrons. The molecule has 5 nitrogen and oxygen atoms in total. The summed E-state index contributed by atoms with van der Waals surface area (Å²) in [6.45, 7) is 3.34. The molecule has 0 aliphatic carbocycles. The smallest absolute Gasteiger partial charge is 0.272 e. The summed E-state index contributed by atoms with van der Waals surface area (Å²) in [7, 11) is 1.59. The number of nitrogens with one attached hydrogen (secondary N) is 1. The number of hydrogen-bond acceptors (Lipinski definition) is 4. The first-order valence-corrected chi connectivity index (χ1v) is 6.23. The maximum absolute atomic E-state index is 13.8. The predicted molar refractivity (Wildman–Crippen MR) is 70.7 cm³/mol. The van der Waals surface area contributed by atoms with E-state index in [1.54, 1.807) is 7.11 Å². The van der Waals surface area contributed by atoms with Gasteiger partial charge in [-0.1, -0.05) is 6.92 Å². The Morgan fingerprint density at radius 1 is 1.53 bits per heavy atom. The van der Waals surface area contributed by atoms with Gasteiger partial charge in [0, 0.05) is 19.2 Å². The molecule has 0 spiro atoms. The molecule has 0 bridgehead atoms. The highest BCUT2D eigenvalue weighted by molar-refractivity contribution is 5.34. The lowest BCUT2D eigenvalue weighted by atomic mass is 10.1. The summed E-state index contributed by atoms with van der Waals surface area (Å²) in [5.74, 6) is -0.548. The van der Waals surface area contributed by atoms with Crippen molar-refractivity contribution >= 4 is 5.69 Å². The van der Waals surface area contributed by atoms with Crippen molar-refractivity contribution < 1.29 is 14.1 Å². The standard InChI is InChI=1S/C13H19FN2O3/c1-3-6-15-11(9-19-2)7-10-4-5-12(16(17)18)8-13(10)14/h4-5,8,11,15H,3,6-7,9H2,1-2H3. The summed E-state index contributed by atoms with van der Waals surface area (Å²) in [6.07, 6.45) is 1.42. The molecule has 1 rings (SSSR count). The normalized spacial score (nSPS) is 12.4. The molecule has 1 N–H and O–H groups in total. The third kappa shape index (κ3) is 4.92. The first kappa shape index (κ1) is 15.5. The molecule has 1 atom stereocenters. The van der Waals surface area contributed by atoms with Crippen LogP contribution in [0.15, 0.2) is 18.2 Å². The molecule has 106 valence electrons. The second-order valence-electron chi connectivity index (χ2n) is 4.34. The molecule has 0 saturated heterocycles. The van der Waals surface area contributed by atoms with Crippen LogP contribution in [0.3, 0.4) is 0 Å². The number of rotatable bonds is 8. The minimum atomic E-state index is -0.602. The van der Waals surface area contributed by atoms with E-state index in [1.807, 2.05) is 6.92 Å². The van der Waals surface area contributed by atoms with Crippen LogP contribution in [-0.2, 0) is 11.2 Å². The molecule has 0 heterocycles. The molecule has 1 aromatic rings. The molecule has 6 heteroatoms. The molecular weight excluding hydrogens is 251 g/mol. The van der Waals surface area contributed by atoms with Crippen LogP contribution in [0.4, 0.5) is 10.1 Å². The zero-order valence-corrected chi connectivity index (χ0v) is 11.2. The van der Waals surface area contributed by atoms with Gasteiger partial charge in [-0.05, 0) is 31.0 Å². The molecule has 0 saturated carbocycles. The predicted octanol–water partition coefficient (Wildman–Crippen LogP) is 2.29. The average Bonchev–Trinajstić information content (AvgIpc) is 2.38. The lowest BCUT2D eigenvalue weighted by Crippen LogP contribution is -2.35. The number of halogens is 1. The van der Waals surface area contributed by atoms with Gasteiger partial charge in [0.05, 0.1) is 17.6 Å². The highest BCUT2D eigenvalue weighted by Gasteiger charge is 2.15. The number of non-ortho nitro benzene ring substituents is 1. The van der Waals surface area contributed by atoms with Gasteiger partial charge in [-0.25, -0.2) is 4.39 Å². The van der Waals surface area contributed by atoms with Crippen LogP contribution >= 0.6 is 0 Å². The van der Waals surface area contributed by atoms with Crippen molar-refractivity contribution in [3.05, 3.63) is 39.7 Å². The van der Waals surface area contributed by atoms with Gasteiger partial charge in [-0.3, -0.25) is 10.1 Å². The number of nitrogens with zero attached hydrogens (tertiary/aromatic N) is 1. The summed E-state index contributed by atoms with van der Waals surface area (Å²) in [4.78, 5) is 9.93. The van der Waals surface area contributed by atoms with E-state index < -0.39 is 10.7 Å². The Bertz CT molecular complexity index is 426. The summed E-state index contributed by atoms with van der Waals surface area (Å²) < 4.78 is 18.8. The Labute approximate surface area is 111 Å². The number of nitro benzene ring substituents is 1. The van der Waals surface area contributed by atoms with E-state index in [4.69, 9.17) is 4.74 Å². The molecule has 1 unspecified atom stereocenters. The maximum Gasteiger partial charge on any atom is 0.272 e. The molecule has 0 aliphatic rings. The van der Waals surface area contributed by atoms with E-state index in [-0.39, 0.29) is 11.7 Å². The van der Waals surface area contributed by atoms with E-state index in [2.05, 4.69) is 5.32 Å². The quantitative estimate of drug-likeness (QED) is 0.581. The van der Waals surface area contributed by atoms with Gasteiger partial charge in [-0.15, -0.1) is 0 Å². The Balaban J connectivity index is 2.75. The van der Waals surface area contributed by atoms with Gasteiger partial charge in [0.2, 0.25) is 0 Å². The topological polar surface area (TPSA) is 64.4 Å². The van der Waals surface area contributed by atoms with Crippen LogP contribution in [-0.4, -0.2) is 31.2 Å². The van der Waals surface area contributed by atoms with Crippen molar-refractivity contribution in [3.8, 4) is 0 Å². The third-order valence-corrected chi connectivity index (χ3v) is 2.76. The minimum Gasteiger partial charge on any atom is -0.383 e. The number of ether oxygens (including phenoxy) is 1. The molecule has 0 aliphatic heterocycles. The Hall–Kier alpha value is -1.53. The van der Waals surface area contributed by atoms with Gasteiger partial charge in [0.25, 0.3) is 5.69 Å².